The van der Waals surface area contributed by atoms with E-state index in [1.807, 2.05) is 35.0 Å². The largest absolute Gasteiger partial charge is 0.497 e. The number of ether oxygens (including phenoxy) is 2. The first kappa shape index (κ1) is 44.4. The first-order valence-electron chi connectivity index (χ1n) is 18.4. The van der Waals surface area contributed by atoms with E-state index >= 15 is 0 Å². The van der Waals surface area contributed by atoms with Crippen LogP contribution in [0, 0.1) is 0 Å². The molecule has 0 aliphatic carbocycles. The van der Waals surface area contributed by atoms with Crippen LogP contribution in [0.15, 0.2) is 105 Å². The molecule has 0 radical (unpaired) electrons. The third-order valence-electron chi connectivity index (χ3n) is 9.77. The van der Waals surface area contributed by atoms with Crippen molar-refractivity contribution in [2.75, 3.05) is 76.4 Å². The van der Waals surface area contributed by atoms with Crippen LogP contribution in [-0.2, 0) is 20.0 Å². The molecule has 6 aromatic rings. The van der Waals surface area contributed by atoms with Crippen molar-refractivity contribution in [2.24, 2.45) is 0 Å². The van der Waals surface area contributed by atoms with E-state index in [9.17, 15) is 16.8 Å². The second kappa shape index (κ2) is 19.2. The number of benzene rings is 4. The fourth-order valence-electron chi connectivity index (χ4n) is 6.52. The monoisotopic (exact) mass is 966 g/mol. The van der Waals surface area contributed by atoms with Crippen LogP contribution in [0.5, 0.6) is 11.5 Å². The fraction of sp³-hybridized carbons (Fsp3) is 0.250. The minimum atomic E-state index is -3.62. The molecule has 0 atom stereocenters. The van der Waals surface area contributed by atoms with Crippen LogP contribution in [0.25, 0.3) is 22.5 Å². The molecule has 2 aromatic heterocycles. The molecule has 2 saturated heterocycles. The summed E-state index contributed by atoms with van der Waals surface area (Å²) in [5, 5.41) is 7.11. The number of sulfonamides is 2. The van der Waals surface area contributed by atoms with E-state index in [1.165, 1.54) is 37.4 Å². The average molecular weight is 969 g/mol. The van der Waals surface area contributed by atoms with Gasteiger partial charge >= 0.3 is 0 Å². The molecule has 0 saturated carbocycles. The number of methoxy groups -OCH3 is 2. The number of piperazine rings is 2. The summed E-state index contributed by atoms with van der Waals surface area (Å²) in [6, 6.07) is 24.1. The smallest absolute Gasteiger partial charge is 0.244 e. The molecule has 4 heterocycles. The van der Waals surface area contributed by atoms with Crippen molar-refractivity contribution in [2.45, 2.75) is 9.79 Å². The van der Waals surface area contributed by atoms with Crippen LogP contribution in [-0.4, -0.2) is 102 Å². The summed E-state index contributed by atoms with van der Waals surface area (Å²) in [5.41, 5.74) is 3.43. The minimum absolute atomic E-state index is 0.145. The van der Waals surface area contributed by atoms with Crippen molar-refractivity contribution in [3.63, 3.8) is 0 Å². The van der Waals surface area contributed by atoms with Gasteiger partial charge in [0.1, 0.15) is 21.3 Å². The summed E-state index contributed by atoms with van der Waals surface area (Å²) in [5.74, 6) is 1.39. The zero-order valence-corrected chi connectivity index (χ0v) is 38.5. The van der Waals surface area contributed by atoms with Crippen LogP contribution in [0.3, 0.4) is 0 Å². The first-order chi connectivity index (χ1) is 28.8. The molecule has 0 unspecified atom stereocenters. The van der Waals surface area contributed by atoms with E-state index in [2.05, 4.69) is 14.8 Å². The first-order valence-corrected chi connectivity index (χ1v) is 24.5. The Hall–Kier alpha value is -3.68. The molecule has 12 nitrogen and oxygen atoms in total. The molecule has 0 spiro atoms. The Bertz CT molecular complexity index is 2660. The molecular formula is C40H38Cl4N6O6S4. The van der Waals surface area contributed by atoms with Crippen LogP contribution in [0.1, 0.15) is 0 Å². The Labute approximate surface area is 377 Å². The van der Waals surface area contributed by atoms with Crippen molar-refractivity contribution in [1.82, 2.24) is 18.6 Å². The fourth-order valence-corrected chi connectivity index (χ4v) is 12.4. The molecule has 0 N–H and O–H groups in total. The molecular weight excluding hydrogens is 931 g/mol. The van der Waals surface area contributed by atoms with Gasteiger partial charge in [-0.15, -0.1) is 22.7 Å². The van der Waals surface area contributed by atoms with E-state index < -0.39 is 20.0 Å². The third-order valence-corrected chi connectivity index (χ3v) is 17.1. The van der Waals surface area contributed by atoms with Gasteiger partial charge in [0.25, 0.3) is 0 Å². The van der Waals surface area contributed by atoms with Crippen molar-refractivity contribution in [3.8, 4) is 34.0 Å². The summed E-state index contributed by atoms with van der Waals surface area (Å²) in [6.45, 7) is 3.70. The van der Waals surface area contributed by atoms with Gasteiger partial charge in [-0.3, -0.25) is 0 Å². The molecule has 2 aliphatic heterocycles. The maximum absolute atomic E-state index is 12.9. The van der Waals surface area contributed by atoms with Gasteiger partial charge in [-0.25, -0.2) is 26.8 Å². The summed E-state index contributed by atoms with van der Waals surface area (Å²) in [7, 11) is -4.01. The van der Waals surface area contributed by atoms with Crippen molar-refractivity contribution >= 4 is 99.4 Å². The summed E-state index contributed by atoms with van der Waals surface area (Å²) in [4.78, 5) is 13.9. The maximum Gasteiger partial charge on any atom is 0.244 e. The van der Waals surface area contributed by atoms with Crippen molar-refractivity contribution in [1.29, 1.82) is 0 Å². The molecule has 0 amide bonds. The lowest BCUT2D eigenvalue weighted by molar-refractivity contribution is 0.384. The Morgan fingerprint density at radius 3 is 1.37 bits per heavy atom. The SMILES string of the molecule is COc1cc(OC)cc(-c2csc(N3CCN(S(=O)(=O)c4ccccc4Cl)CC3)n2)c1.O=S(=O)(c1ccccc1Cl)N1CCN(c2nc(-c3ccc(Cl)c(Cl)c3)cs2)CC1. The number of nitrogens with zero attached hydrogens (tertiary/aromatic N) is 6. The number of rotatable bonds is 10. The van der Waals surface area contributed by atoms with E-state index in [-0.39, 0.29) is 19.8 Å². The molecule has 60 heavy (non-hydrogen) atoms. The third kappa shape index (κ3) is 9.83. The lowest BCUT2D eigenvalue weighted by atomic mass is 10.1. The zero-order valence-electron chi connectivity index (χ0n) is 32.2. The van der Waals surface area contributed by atoms with Gasteiger partial charge in [-0.05, 0) is 48.5 Å². The topological polar surface area (TPSA) is 125 Å². The molecule has 0 bridgehead atoms. The molecule has 316 valence electrons. The van der Waals surface area contributed by atoms with Gasteiger partial charge in [0, 0.05) is 80.3 Å². The van der Waals surface area contributed by atoms with Crippen LogP contribution >= 0.6 is 69.1 Å². The van der Waals surface area contributed by atoms with E-state index in [1.54, 1.807) is 68.8 Å². The Kier molecular flexibility index (Phi) is 14.2. The quantitative estimate of drug-likeness (QED) is 0.131. The number of anilines is 2. The van der Waals surface area contributed by atoms with Crippen LogP contribution in [0.4, 0.5) is 10.3 Å². The van der Waals surface area contributed by atoms with E-state index in [0.717, 1.165) is 32.8 Å². The second-order valence-electron chi connectivity index (χ2n) is 13.4. The molecule has 8 rings (SSSR count). The average Bonchev–Trinajstić information content (AvgIpc) is 3.97. The number of hydrogen-bond donors (Lipinski definition) is 0. The normalized spacial score (nSPS) is 15.4. The highest BCUT2D eigenvalue weighted by molar-refractivity contribution is 7.89. The summed E-state index contributed by atoms with van der Waals surface area (Å²) in [6.07, 6.45) is 0. The summed E-state index contributed by atoms with van der Waals surface area (Å²) < 4.78 is 65.3. The summed E-state index contributed by atoms with van der Waals surface area (Å²) >= 11 is 27.3. The number of halogens is 4. The highest BCUT2D eigenvalue weighted by atomic mass is 35.5. The number of aromatic nitrogens is 2. The van der Waals surface area contributed by atoms with Gasteiger partial charge in [-0.2, -0.15) is 8.61 Å². The van der Waals surface area contributed by atoms with E-state index in [4.69, 9.17) is 60.9 Å². The lowest BCUT2D eigenvalue weighted by Gasteiger charge is -2.33. The number of hydrogen-bond acceptors (Lipinski definition) is 12. The molecule has 20 heteroatoms. The predicted molar refractivity (Wildman–Crippen MR) is 243 cm³/mol. The Morgan fingerprint density at radius 2 is 0.950 bits per heavy atom. The van der Waals surface area contributed by atoms with Crippen molar-refractivity contribution < 1.29 is 26.3 Å². The molecule has 2 fully saturated rings. The lowest BCUT2D eigenvalue weighted by Crippen LogP contribution is -2.48. The van der Waals surface area contributed by atoms with Gasteiger partial charge in [0.05, 0.1) is 45.7 Å². The number of thiazole rings is 2. The standard InChI is InChI=1S/C21H22ClN3O4S2.C19H16Cl3N3O2S2/c1-28-16-11-15(12-17(13-16)29-2)19-14-30-21(23-19)24-7-9-25(10-8-24)31(26,27)20-6-4-3-5-18(20)22;20-14-6-5-13(11-16(14)22)17-12-28-19(23-17)24-7-9-25(10-8-24)29(26,27)18-4-2-1-3-15(18)21/h3-6,11-14H,7-10H2,1-2H3;1-6,11-12H,7-10H2. The van der Waals surface area contributed by atoms with Crippen LogP contribution < -0.4 is 19.3 Å². The second-order valence-corrected chi connectivity index (χ2v) is 20.5. The molecule has 2 aliphatic rings. The highest BCUT2D eigenvalue weighted by Crippen LogP contribution is 2.35. The highest BCUT2D eigenvalue weighted by Gasteiger charge is 2.32. The maximum atomic E-state index is 12.9. The van der Waals surface area contributed by atoms with Crippen molar-refractivity contribution in [3.05, 3.63) is 116 Å². The Balaban J connectivity index is 0.000000182. The zero-order chi connectivity index (χ0) is 42.6. The van der Waals surface area contributed by atoms with Crippen LogP contribution in [0.2, 0.25) is 20.1 Å². The van der Waals surface area contributed by atoms with Gasteiger partial charge < -0.3 is 19.3 Å². The van der Waals surface area contributed by atoms with Gasteiger partial charge in [-0.1, -0.05) is 76.7 Å². The van der Waals surface area contributed by atoms with Gasteiger partial charge in [0.15, 0.2) is 10.3 Å². The Morgan fingerprint density at radius 1 is 0.517 bits per heavy atom. The predicted octanol–water partition coefficient (Wildman–Crippen LogP) is 9.27. The van der Waals surface area contributed by atoms with E-state index in [0.29, 0.717) is 73.9 Å². The van der Waals surface area contributed by atoms with Gasteiger partial charge in [0.2, 0.25) is 20.0 Å². The minimum Gasteiger partial charge on any atom is -0.497 e. The molecule has 4 aromatic carbocycles.